The number of carbonyl (C=O) groups is 1. The first kappa shape index (κ1) is 15.1. The van der Waals surface area contributed by atoms with E-state index in [-0.39, 0.29) is 0 Å². The highest BCUT2D eigenvalue weighted by Crippen LogP contribution is 2.34. The van der Waals surface area contributed by atoms with Crippen LogP contribution in [0.5, 0.6) is 0 Å². The number of likely N-dealkylation sites (N-methyl/N-ethyl adjacent to an activating group) is 1. The minimum atomic E-state index is -0.824. The Morgan fingerprint density at radius 1 is 1.36 bits per heavy atom. The van der Waals surface area contributed by atoms with Gasteiger partial charge in [0.25, 0.3) is 0 Å². The first-order valence-electron chi connectivity index (χ1n) is 8.09. The van der Waals surface area contributed by atoms with Crippen molar-refractivity contribution in [1.82, 2.24) is 9.47 Å². The van der Waals surface area contributed by atoms with E-state index in [1.54, 1.807) is 0 Å². The molecule has 3 rings (SSSR count). The Bertz CT molecular complexity index is 730. The van der Waals surface area contributed by atoms with Gasteiger partial charge in [-0.1, -0.05) is 13.3 Å². The van der Waals surface area contributed by atoms with Gasteiger partial charge in [0.05, 0.1) is 11.1 Å². The van der Waals surface area contributed by atoms with Crippen molar-refractivity contribution >= 4 is 16.9 Å². The van der Waals surface area contributed by atoms with E-state index in [0.29, 0.717) is 5.56 Å². The van der Waals surface area contributed by atoms with Crippen LogP contribution < -0.4 is 0 Å². The number of nitrogens with zero attached hydrogens (tertiary/aromatic N) is 2. The number of rotatable bonds is 4. The standard InChI is InChI=1S/C18H24N2O2/c1-4-5-7-20-16-6-8-19(3)11-15(16)13-9-12(2)10-14(17(13)20)18(21)22/h9-10H,4-8,11H2,1-3H3,(H,21,22). The molecule has 0 atom stereocenters. The lowest BCUT2D eigenvalue weighted by Gasteiger charge is -2.24. The van der Waals surface area contributed by atoms with Crippen LogP contribution in [0.4, 0.5) is 0 Å². The quantitative estimate of drug-likeness (QED) is 0.941. The molecule has 0 saturated carbocycles. The molecule has 2 aromatic rings. The van der Waals surface area contributed by atoms with Crippen molar-refractivity contribution in [2.75, 3.05) is 13.6 Å². The second-order valence-corrected chi connectivity index (χ2v) is 6.43. The Morgan fingerprint density at radius 3 is 2.82 bits per heavy atom. The van der Waals surface area contributed by atoms with E-state index in [1.807, 2.05) is 13.0 Å². The summed E-state index contributed by atoms with van der Waals surface area (Å²) in [6.07, 6.45) is 3.20. The van der Waals surface area contributed by atoms with Crippen LogP contribution in [0, 0.1) is 6.92 Å². The molecule has 1 aromatic carbocycles. The number of fused-ring (bicyclic) bond motifs is 3. The summed E-state index contributed by atoms with van der Waals surface area (Å²) in [5.74, 6) is -0.824. The Labute approximate surface area is 131 Å². The summed E-state index contributed by atoms with van der Waals surface area (Å²) < 4.78 is 2.28. The molecule has 0 spiro atoms. The zero-order valence-corrected chi connectivity index (χ0v) is 13.6. The van der Waals surface area contributed by atoms with Gasteiger partial charge in [0.15, 0.2) is 0 Å². The molecule has 1 aliphatic rings. The highest BCUT2D eigenvalue weighted by atomic mass is 16.4. The molecule has 1 aliphatic heterocycles. The summed E-state index contributed by atoms with van der Waals surface area (Å²) in [6.45, 7) is 7.02. The molecule has 0 radical (unpaired) electrons. The van der Waals surface area contributed by atoms with Gasteiger partial charge in [-0.15, -0.1) is 0 Å². The lowest BCUT2D eigenvalue weighted by molar-refractivity contribution is 0.0698. The molecular formula is C18H24N2O2. The van der Waals surface area contributed by atoms with Crippen LogP contribution in [0.15, 0.2) is 12.1 Å². The van der Waals surface area contributed by atoms with Crippen molar-refractivity contribution in [3.8, 4) is 0 Å². The fourth-order valence-corrected chi connectivity index (χ4v) is 3.59. The average molecular weight is 300 g/mol. The highest BCUT2D eigenvalue weighted by molar-refractivity contribution is 6.04. The van der Waals surface area contributed by atoms with Crippen molar-refractivity contribution < 1.29 is 9.90 Å². The van der Waals surface area contributed by atoms with Crippen LogP contribution in [-0.2, 0) is 19.5 Å². The van der Waals surface area contributed by atoms with Gasteiger partial charge in [0, 0.05) is 37.1 Å². The van der Waals surface area contributed by atoms with E-state index in [2.05, 4.69) is 29.5 Å². The minimum Gasteiger partial charge on any atom is -0.478 e. The van der Waals surface area contributed by atoms with Gasteiger partial charge in [-0.2, -0.15) is 0 Å². The average Bonchev–Trinajstić information content (AvgIpc) is 2.77. The Hall–Kier alpha value is -1.81. The molecule has 0 saturated heterocycles. The predicted molar refractivity (Wildman–Crippen MR) is 88.6 cm³/mol. The molecule has 4 heteroatoms. The lowest BCUT2D eigenvalue weighted by Crippen LogP contribution is -2.27. The van der Waals surface area contributed by atoms with Crippen molar-refractivity contribution in [2.24, 2.45) is 0 Å². The normalized spacial score (nSPS) is 15.2. The van der Waals surface area contributed by atoms with Crippen LogP contribution in [0.1, 0.15) is 46.9 Å². The zero-order valence-electron chi connectivity index (χ0n) is 13.6. The minimum absolute atomic E-state index is 0.447. The molecule has 2 heterocycles. The van der Waals surface area contributed by atoms with Gasteiger partial charge >= 0.3 is 5.97 Å². The molecule has 0 fully saturated rings. The summed E-state index contributed by atoms with van der Waals surface area (Å²) in [7, 11) is 2.13. The molecule has 1 N–H and O–H groups in total. The molecule has 118 valence electrons. The Balaban J connectivity index is 2.31. The number of aromatic carboxylic acids is 1. The van der Waals surface area contributed by atoms with Crippen LogP contribution >= 0.6 is 0 Å². The fourth-order valence-electron chi connectivity index (χ4n) is 3.59. The third kappa shape index (κ3) is 2.41. The maximum atomic E-state index is 11.7. The van der Waals surface area contributed by atoms with Gasteiger partial charge in [-0.05, 0) is 43.7 Å². The topological polar surface area (TPSA) is 45.5 Å². The van der Waals surface area contributed by atoms with Crippen molar-refractivity contribution in [1.29, 1.82) is 0 Å². The smallest absolute Gasteiger partial charge is 0.337 e. The van der Waals surface area contributed by atoms with E-state index >= 15 is 0 Å². The SMILES string of the molecule is CCCCn1c2c(c3cc(C)cc(C(=O)O)c31)CN(C)CC2. The molecular weight excluding hydrogens is 276 g/mol. The number of aromatic nitrogens is 1. The highest BCUT2D eigenvalue weighted by Gasteiger charge is 2.25. The maximum Gasteiger partial charge on any atom is 0.337 e. The number of hydrogen-bond donors (Lipinski definition) is 1. The second-order valence-electron chi connectivity index (χ2n) is 6.43. The number of hydrogen-bond acceptors (Lipinski definition) is 2. The van der Waals surface area contributed by atoms with Crippen LogP contribution in [0.25, 0.3) is 10.9 Å². The molecule has 4 nitrogen and oxygen atoms in total. The van der Waals surface area contributed by atoms with E-state index in [9.17, 15) is 9.90 Å². The van der Waals surface area contributed by atoms with Crippen molar-refractivity contribution in [3.63, 3.8) is 0 Å². The van der Waals surface area contributed by atoms with Gasteiger partial charge < -0.3 is 14.6 Å². The maximum absolute atomic E-state index is 11.7. The molecule has 22 heavy (non-hydrogen) atoms. The van der Waals surface area contributed by atoms with Gasteiger partial charge in [-0.25, -0.2) is 4.79 Å². The van der Waals surface area contributed by atoms with Crippen molar-refractivity contribution in [2.45, 2.75) is 46.2 Å². The zero-order chi connectivity index (χ0) is 15.9. The monoisotopic (exact) mass is 300 g/mol. The number of aryl methyl sites for hydroxylation is 2. The summed E-state index contributed by atoms with van der Waals surface area (Å²) in [5, 5.41) is 10.8. The summed E-state index contributed by atoms with van der Waals surface area (Å²) in [6, 6.07) is 3.96. The summed E-state index contributed by atoms with van der Waals surface area (Å²) in [5.41, 5.74) is 5.06. The number of carboxylic acids is 1. The fraction of sp³-hybridized carbons (Fsp3) is 0.500. The van der Waals surface area contributed by atoms with E-state index in [0.717, 1.165) is 55.4 Å². The number of benzene rings is 1. The third-order valence-electron chi connectivity index (χ3n) is 4.65. The van der Waals surface area contributed by atoms with Gasteiger partial charge in [-0.3, -0.25) is 0 Å². The van der Waals surface area contributed by atoms with Crippen LogP contribution in [-0.4, -0.2) is 34.1 Å². The lowest BCUT2D eigenvalue weighted by atomic mass is 10.0. The summed E-state index contributed by atoms with van der Waals surface area (Å²) in [4.78, 5) is 14.1. The summed E-state index contributed by atoms with van der Waals surface area (Å²) >= 11 is 0. The third-order valence-corrected chi connectivity index (χ3v) is 4.65. The van der Waals surface area contributed by atoms with Crippen LogP contribution in [0.3, 0.4) is 0 Å². The Morgan fingerprint density at radius 2 is 2.14 bits per heavy atom. The van der Waals surface area contributed by atoms with E-state index in [4.69, 9.17) is 0 Å². The predicted octanol–water partition coefficient (Wildman–Crippen LogP) is 3.44. The second kappa shape index (κ2) is 5.76. The molecule has 1 aromatic heterocycles. The molecule has 0 bridgehead atoms. The molecule has 0 amide bonds. The number of carboxylic acid groups (broad SMARTS) is 1. The van der Waals surface area contributed by atoms with E-state index in [1.165, 1.54) is 11.3 Å². The first-order valence-corrected chi connectivity index (χ1v) is 8.09. The van der Waals surface area contributed by atoms with Crippen LogP contribution in [0.2, 0.25) is 0 Å². The first-order chi connectivity index (χ1) is 10.5. The molecule has 0 aliphatic carbocycles. The largest absolute Gasteiger partial charge is 0.478 e. The van der Waals surface area contributed by atoms with E-state index < -0.39 is 5.97 Å². The molecule has 0 unspecified atom stereocenters. The van der Waals surface area contributed by atoms with Crippen molar-refractivity contribution in [3.05, 3.63) is 34.5 Å². The van der Waals surface area contributed by atoms with Gasteiger partial charge in [0.2, 0.25) is 0 Å². The number of unbranched alkanes of at least 4 members (excludes halogenated alkanes) is 1. The Kier molecular flexibility index (Phi) is 3.96. The van der Waals surface area contributed by atoms with Gasteiger partial charge in [0.1, 0.15) is 0 Å².